The average Bonchev–Trinajstić information content (AvgIpc) is 3.39. The minimum absolute atomic E-state index is 0.195. The molecule has 0 saturated carbocycles. The number of nitrogens with zero attached hydrogens (tertiary/aromatic N) is 4. The van der Waals surface area contributed by atoms with Crippen molar-refractivity contribution >= 4 is 63.1 Å². The van der Waals surface area contributed by atoms with E-state index in [0.29, 0.717) is 38.1 Å². The molecule has 2 aromatic carbocycles. The quantitative estimate of drug-likeness (QED) is 0.235. The number of rotatable bonds is 5. The predicted molar refractivity (Wildman–Crippen MR) is 128 cm³/mol. The molecule has 0 bridgehead atoms. The van der Waals surface area contributed by atoms with Gasteiger partial charge in [0.05, 0.1) is 17.6 Å². The van der Waals surface area contributed by atoms with Gasteiger partial charge in [0.15, 0.2) is 0 Å². The summed E-state index contributed by atoms with van der Waals surface area (Å²) >= 11 is 25.4. The fourth-order valence-electron chi connectivity index (χ4n) is 3.52. The molecule has 6 nitrogen and oxygen atoms in total. The molecule has 5 rings (SSSR count). The molecule has 0 spiro atoms. The Morgan fingerprint density at radius 2 is 1.79 bits per heavy atom. The van der Waals surface area contributed by atoms with E-state index in [9.17, 15) is 4.79 Å². The van der Waals surface area contributed by atoms with Crippen LogP contribution in [0.5, 0.6) is 0 Å². The Hall–Kier alpha value is -2.90. The molecule has 10 heteroatoms. The maximum atomic E-state index is 13.4. The molecule has 0 saturated heterocycles. The van der Waals surface area contributed by atoms with Gasteiger partial charge in [-0.05, 0) is 48.0 Å². The second-order valence-electron chi connectivity index (χ2n) is 7.14. The standard InChI is InChI=1S/C23H12Cl4N4O2/c24-14-5-6-18-16(8-14)19(21(27)31(18)11-13-3-4-15(25)9-17(13)26)20(32)23-29-22(30-33-23)12-2-1-7-28-10-12/h1-10H,11H2. The SMILES string of the molecule is O=C(c1nc(-c2cccnc2)no1)c1c(Cl)n(Cc2ccc(Cl)cc2Cl)c2ccc(Cl)cc12. The maximum Gasteiger partial charge on any atom is 0.299 e. The Balaban J connectivity index is 1.61. The Morgan fingerprint density at radius 1 is 1.00 bits per heavy atom. The highest BCUT2D eigenvalue weighted by Gasteiger charge is 2.27. The highest BCUT2D eigenvalue weighted by molar-refractivity contribution is 6.38. The third-order valence-corrected chi connectivity index (χ3v) is 6.29. The lowest BCUT2D eigenvalue weighted by Crippen LogP contribution is -2.04. The fraction of sp³-hybridized carbons (Fsp3) is 0.0435. The highest BCUT2D eigenvalue weighted by Crippen LogP contribution is 2.35. The topological polar surface area (TPSA) is 73.8 Å². The van der Waals surface area contributed by atoms with Crippen molar-refractivity contribution in [2.45, 2.75) is 6.54 Å². The van der Waals surface area contributed by atoms with Gasteiger partial charge in [0.25, 0.3) is 11.7 Å². The van der Waals surface area contributed by atoms with Crippen molar-refractivity contribution in [3.8, 4) is 11.4 Å². The van der Waals surface area contributed by atoms with Crippen LogP contribution in [0.4, 0.5) is 0 Å². The summed E-state index contributed by atoms with van der Waals surface area (Å²) in [6.45, 7) is 0.311. The summed E-state index contributed by atoms with van der Waals surface area (Å²) in [5.41, 5.74) is 2.31. The first-order chi connectivity index (χ1) is 15.9. The minimum Gasteiger partial charge on any atom is -0.330 e. The van der Waals surface area contributed by atoms with Crippen molar-refractivity contribution in [3.63, 3.8) is 0 Å². The summed E-state index contributed by atoms with van der Waals surface area (Å²) < 4.78 is 7.03. The van der Waals surface area contributed by atoms with Crippen LogP contribution in [0.1, 0.15) is 21.8 Å². The van der Waals surface area contributed by atoms with E-state index in [2.05, 4.69) is 15.1 Å². The zero-order chi connectivity index (χ0) is 23.1. The van der Waals surface area contributed by atoms with Crippen LogP contribution in [0.3, 0.4) is 0 Å². The molecule has 5 aromatic rings. The molecular formula is C23H12Cl4N4O2. The Kier molecular flexibility index (Phi) is 5.85. The molecule has 3 heterocycles. The molecule has 0 atom stereocenters. The van der Waals surface area contributed by atoms with Gasteiger partial charge in [-0.15, -0.1) is 0 Å². The molecular weight excluding hydrogens is 506 g/mol. The van der Waals surface area contributed by atoms with Crippen LogP contribution < -0.4 is 0 Å². The van der Waals surface area contributed by atoms with Gasteiger partial charge in [-0.1, -0.05) is 57.6 Å². The third-order valence-electron chi connectivity index (χ3n) is 5.07. The molecule has 0 aliphatic heterocycles. The van der Waals surface area contributed by atoms with Crippen LogP contribution in [0, 0.1) is 0 Å². The predicted octanol–water partition coefficient (Wildman–Crippen LogP) is 6.98. The summed E-state index contributed by atoms with van der Waals surface area (Å²) in [7, 11) is 0. The van der Waals surface area contributed by atoms with Gasteiger partial charge in [-0.2, -0.15) is 4.98 Å². The lowest BCUT2D eigenvalue weighted by atomic mass is 10.1. The minimum atomic E-state index is -0.518. The number of carbonyl (C=O) groups is 1. The van der Waals surface area contributed by atoms with Gasteiger partial charge in [0.2, 0.25) is 5.82 Å². The lowest BCUT2D eigenvalue weighted by molar-refractivity contribution is 0.0995. The maximum absolute atomic E-state index is 13.4. The summed E-state index contributed by atoms with van der Waals surface area (Å²) in [4.78, 5) is 21.7. The van der Waals surface area contributed by atoms with E-state index in [0.717, 1.165) is 5.56 Å². The third kappa shape index (κ3) is 4.11. The zero-order valence-corrected chi connectivity index (χ0v) is 19.6. The van der Waals surface area contributed by atoms with E-state index in [-0.39, 0.29) is 22.4 Å². The number of ketones is 1. The van der Waals surface area contributed by atoms with Gasteiger partial charge in [-0.3, -0.25) is 9.78 Å². The van der Waals surface area contributed by atoms with Gasteiger partial charge < -0.3 is 9.09 Å². The van der Waals surface area contributed by atoms with Gasteiger partial charge in [-0.25, -0.2) is 0 Å². The molecule has 0 aliphatic carbocycles. The molecule has 0 amide bonds. The molecule has 33 heavy (non-hydrogen) atoms. The average molecular weight is 518 g/mol. The summed E-state index contributed by atoms with van der Waals surface area (Å²) in [6, 6.07) is 13.9. The molecule has 0 fully saturated rings. The molecule has 0 radical (unpaired) electrons. The molecule has 164 valence electrons. The number of carbonyl (C=O) groups excluding carboxylic acids is 1. The van der Waals surface area contributed by atoms with Gasteiger partial charge in [0, 0.05) is 38.4 Å². The van der Waals surface area contributed by atoms with E-state index in [1.807, 2.05) is 6.07 Å². The van der Waals surface area contributed by atoms with E-state index in [1.54, 1.807) is 59.4 Å². The van der Waals surface area contributed by atoms with Crippen LogP contribution in [-0.2, 0) is 6.54 Å². The molecule has 0 N–H and O–H groups in total. The first-order valence-electron chi connectivity index (χ1n) is 9.62. The second-order valence-corrected chi connectivity index (χ2v) is 8.78. The number of aromatic nitrogens is 4. The van der Waals surface area contributed by atoms with Crippen LogP contribution in [-0.4, -0.2) is 25.5 Å². The monoisotopic (exact) mass is 516 g/mol. The largest absolute Gasteiger partial charge is 0.330 e. The Bertz CT molecular complexity index is 1510. The number of benzene rings is 2. The van der Waals surface area contributed by atoms with Crippen molar-refractivity contribution in [3.05, 3.63) is 98.2 Å². The summed E-state index contributed by atoms with van der Waals surface area (Å²) in [5, 5.41) is 6.12. The number of hydrogen-bond acceptors (Lipinski definition) is 5. The number of halogens is 4. The second kappa shape index (κ2) is 8.80. The normalized spacial score (nSPS) is 11.3. The first kappa shape index (κ1) is 21.9. The van der Waals surface area contributed by atoms with Crippen LogP contribution in [0.15, 0.2) is 65.4 Å². The highest BCUT2D eigenvalue weighted by atomic mass is 35.5. The number of pyridine rings is 1. The van der Waals surface area contributed by atoms with E-state index >= 15 is 0 Å². The van der Waals surface area contributed by atoms with Gasteiger partial charge in [0.1, 0.15) is 5.15 Å². The van der Waals surface area contributed by atoms with E-state index in [4.69, 9.17) is 50.9 Å². The Morgan fingerprint density at radius 3 is 2.55 bits per heavy atom. The number of fused-ring (bicyclic) bond motifs is 1. The molecule has 3 aromatic heterocycles. The zero-order valence-electron chi connectivity index (χ0n) is 16.6. The van der Waals surface area contributed by atoms with Crippen LogP contribution >= 0.6 is 46.4 Å². The van der Waals surface area contributed by atoms with Crippen molar-refractivity contribution < 1.29 is 9.32 Å². The fourth-order valence-corrected chi connectivity index (χ4v) is 4.50. The van der Waals surface area contributed by atoms with Crippen molar-refractivity contribution in [2.24, 2.45) is 0 Å². The van der Waals surface area contributed by atoms with Crippen LogP contribution in [0.25, 0.3) is 22.3 Å². The molecule has 0 unspecified atom stereocenters. The summed E-state index contributed by atoms with van der Waals surface area (Å²) in [5.74, 6) is -0.465. The van der Waals surface area contributed by atoms with Crippen molar-refractivity contribution in [2.75, 3.05) is 0 Å². The van der Waals surface area contributed by atoms with Gasteiger partial charge >= 0.3 is 0 Å². The first-order valence-corrected chi connectivity index (χ1v) is 11.1. The lowest BCUT2D eigenvalue weighted by Gasteiger charge is -2.09. The summed E-state index contributed by atoms with van der Waals surface area (Å²) in [6.07, 6.45) is 3.20. The van der Waals surface area contributed by atoms with Crippen molar-refractivity contribution in [1.29, 1.82) is 0 Å². The Labute approximate surface area is 207 Å². The van der Waals surface area contributed by atoms with Crippen molar-refractivity contribution in [1.82, 2.24) is 19.7 Å². The van der Waals surface area contributed by atoms with E-state index in [1.165, 1.54) is 0 Å². The van der Waals surface area contributed by atoms with Crippen LogP contribution in [0.2, 0.25) is 20.2 Å². The molecule has 0 aliphatic rings. The number of hydrogen-bond donors (Lipinski definition) is 0. The smallest absolute Gasteiger partial charge is 0.299 e. The van der Waals surface area contributed by atoms with E-state index < -0.39 is 5.78 Å².